The molecule has 0 N–H and O–H groups in total. The second-order valence-corrected chi connectivity index (χ2v) is 4.62. The molecule has 1 aromatic heterocycles. The van der Waals surface area contributed by atoms with Gasteiger partial charge in [0.05, 0.1) is 0 Å². The number of nitrogens with zero attached hydrogens (tertiary/aromatic N) is 3. The van der Waals surface area contributed by atoms with Crippen LogP contribution in [0.5, 0.6) is 0 Å². The first-order valence-electron chi connectivity index (χ1n) is 4.90. The van der Waals surface area contributed by atoms with Crippen LogP contribution in [0, 0.1) is 0 Å². The summed E-state index contributed by atoms with van der Waals surface area (Å²) in [5.74, 6) is 0. The minimum absolute atomic E-state index is 0.678. The van der Waals surface area contributed by atoms with E-state index < -0.39 is 0 Å². The first-order chi connectivity index (χ1) is 7.78. The van der Waals surface area contributed by atoms with Crippen molar-refractivity contribution in [1.29, 1.82) is 0 Å². The highest BCUT2D eigenvalue weighted by molar-refractivity contribution is 7.14. The molecule has 0 saturated heterocycles. The van der Waals surface area contributed by atoms with Crippen LogP contribution in [0.4, 0.5) is 5.13 Å². The van der Waals surface area contributed by atoms with Crippen molar-refractivity contribution in [3.8, 4) is 0 Å². The maximum absolute atomic E-state index is 5.87. The van der Waals surface area contributed by atoms with Gasteiger partial charge in [-0.1, -0.05) is 42.0 Å². The lowest BCUT2D eigenvalue weighted by atomic mass is 10.2. The molecule has 82 valence electrons. The average molecular weight is 252 g/mol. The smallest absolute Gasteiger partial charge is 0.226 e. The summed E-state index contributed by atoms with van der Waals surface area (Å²) in [7, 11) is 0. The van der Waals surface area contributed by atoms with Gasteiger partial charge < -0.3 is 0 Å². The molecule has 0 aliphatic carbocycles. The van der Waals surface area contributed by atoms with Crippen LogP contribution in [0.3, 0.4) is 0 Å². The number of halogens is 1. The average Bonchev–Trinajstić information content (AvgIpc) is 2.74. The Morgan fingerprint density at radius 3 is 3.00 bits per heavy atom. The summed E-state index contributed by atoms with van der Waals surface area (Å²) in [5.41, 5.74) is 0.959. The van der Waals surface area contributed by atoms with E-state index >= 15 is 0 Å². The van der Waals surface area contributed by atoms with Crippen LogP contribution in [0.1, 0.15) is 17.5 Å². The van der Waals surface area contributed by atoms with Crippen molar-refractivity contribution in [2.45, 2.75) is 13.3 Å². The lowest BCUT2D eigenvalue weighted by Crippen LogP contribution is -1.79. The maximum Gasteiger partial charge on any atom is 0.231 e. The van der Waals surface area contributed by atoms with Crippen LogP contribution in [0.2, 0.25) is 5.02 Å². The van der Waals surface area contributed by atoms with Gasteiger partial charge in [0.1, 0.15) is 5.01 Å². The van der Waals surface area contributed by atoms with E-state index in [0.717, 1.165) is 17.0 Å². The van der Waals surface area contributed by atoms with Crippen molar-refractivity contribution in [3.63, 3.8) is 0 Å². The molecule has 0 bridgehead atoms. The van der Waals surface area contributed by atoms with Gasteiger partial charge in [-0.2, -0.15) is 0 Å². The van der Waals surface area contributed by atoms with Crippen LogP contribution >= 0.6 is 22.9 Å². The molecule has 0 atom stereocenters. The number of benzene rings is 1. The zero-order valence-corrected chi connectivity index (χ0v) is 10.3. The van der Waals surface area contributed by atoms with E-state index in [1.165, 1.54) is 11.3 Å². The number of aromatic nitrogens is 2. The van der Waals surface area contributed by atoms with E-state index in [4.69, 9.17) is 11.6 Å². The van der Waals surface area contributed by atoms with Gasteiger partial charge in [-0.05, 0) is 24.1 Å². The molecule has 0 spiro atoms. The highest BCUT2D eigenvalue weighted by Crippen LogP contribution is 2.18. The predicted octanol–water partition coefficient (Wildman–Crippen LogP) is 3.50. The molecule has 2 rings (SSSR count). The van der Waals surface area contributed by atoms with Gasteiger partial charge in [0.15, 0.2) is 0 Å². The summed E-state index contributed by atoms with van der Waals surface area (Å²) >= 11 is 7.37. The summed E-state index contributed by atoms with van der Waals surface area (Å²) in [6.07, 6.45) is 2.64. The normalized spacial score (nSPS) is 11.1. The largest absolute Gasteiger partial charge is 0.231 e. The molecule has 1 aromatic carbocycles. The van der Waals surface area contributed by atoms with Gasteiger partial charge in [0.2, 0.25) is 5.13 Å². The summed E-state index contributed by atoms with van der Waals surface area (Å²) < 4.78 is 0. The molecular formula is C11H10ClN3S. The monoisotopic (exact) mass is 251 g/mol. The molecule has 16 heavy (non-hydrogen) atoms. The zero-order chi connectivity index (χ0) is 11.4. The molecule has 2 aromatic rings. The third-order valence-corrected chi connectivity index (χ3v) is 3.14. The van der Waals surface area contributed by atoms with Gasteiger partial charge in [0.25, 0.3) is 0 Å². The fourth-order valence-electron chi connectivity index (χ4n) is 1.16. The number of hydrogen-bond acceptors (Lipinski definition) is 4. The fraction of sp³-hybridized carbons (Fsp3) is 0.182. The number of hydrogen-bond donors (Lipinski definition) is 0. The first kappa shape index (κ1) is 11.2. The van der Waals surface area contributed by atoms with Gasteiger partial charge >= 0.3 is 0 Å². The van der Waals surface area contributed by atoms with Gasteiger partial charge in [0, 0.05) is 11.2 Å². The van der Waals surface area contributed by atoms with Crippen molar-refractivity contribution >= 4 is 34.3 Å². The van der Waals surface area contributed by atoms with Gasteiger partial charge in [-0.25, -0.2) is 4.99 Å². The van der Waals surface area contributed by atoms with Crippen LogP contribution in [0.25, 0.3) is 0 Å². The molecule has 0 fully saturated rings. The third-order valence-electron chi connectivity index (χ3n) is 1.93. The molecule has 1 heterocycles. The lowest BCUT2D eigenvalue weighted by molar-refractivity contribution is 0.982. The number of aryl methyl sites for hydroxylation is 1. The minimum atomic E-state index is 0.678. The highest BCUT2D eigenvalue weighted by Gasteiger charge is 1.99. The van der Waals surface area contributed by atoms with E-state index in [1.807, 2.05) is 31.2 Å². The molecule has 3 nitrogen and oxygen atoms in total. The molecule has 0 saturated carbocycles. The molecule has 5 heteroatoms. The summed E-state index contributed by atoms with van der Waals surface area (Å²) in [6.45, 7) is 2.05. The van der Waals surface area contributed by atoms with Crippen molar-refractivity contribution in [2.24, 2.45) is 4.99 Å². The Balaban J connectivity index is 2.14. The Morgan fingerprint density at radius 1 is 1.44 bits per heavy atom. The van der Waals surface area contributed by atoms with E-state index in [2.05, 4.69) is 15.2 Å². The quantitative estimate of drug-likeness (QED) is 0.783. The van der Waals surface area contributed by atoms with Crippen molar-refractivity contribution in [2.75, 3.05) is 0 Å². The molecule has 0 amide bonds. The first-order valence-corrected chi connectivity index (χ1v) is 6.09. The lowest BCUT2D eigenvalue weighted by Gasteiger charge is -1.91. The molecular weight excluding hydrogens is 242 g/mol. The van der Waals surface area contributed by atoms with Crippen LogP contribution < -0.4 is 0 Å². The molecule has 0 aliphatic rings. The van der Waals surface area contributed by atoms with E-state index in [9.17, 15) is 0 Å². The van der Waals surface area contributed by atoms with Crippen molar-refractivity contribution in [1.82, 2.24) is 10.2 Å². The number of aliphatic imine (C=N–C) groups is 1. The summed E-state index contributed by atoms with van der Waals surface area (Å²) in [5, 5.41) is 10.3. The van der Waals surface area contributed by atoms with Crippen LogP contribution in [-0.2, 0) is 6.42 Å². The van der Waals surface area contributed by atoms with Crippen LogP contribution in [0.15, 0.2) is 29.3 Å². The second kappa shape index (κ2) is 5.18. The Kier molecular flexibility index (Phi) is 3.64. The Morgan fingerprint density at radius 2 is 2.31 bits per heavy atom. The molecule has 0 radical (unpaired) electrons. The SMILES string of the molecule is CCc1nnc(/N=C/c2cccc(Cl)c2)s1. The Labute approximate surface area is 103 Å². The van der Waals surface area contributed by atoms with Crippen molar-refractivity contribution < 1.29 is 0 Å². The molecule has 0 unspecified atom stereocenters. The predicted molar refractivity (Wildman–Crippen MR) is 68.0 cm³/mol. The van der Waals surface area contributed by atoms with E-state index in [-0.39, 0.29) is 0 Å². The van der Waals surface area contributed by atoms with Gasteiger partial charge in [-0.3, -0.25) is 0 Å². The summed E-state index contributed by atoms with van der Waals surface area (Å²) in [4.78, 5) is 4.25. The Hall–Kier alpha value is -1.26. The minimum Gasteiger partial charge on any atom is -0.226 e. The van der Waals surface area contributed by atoms with E-state index in [0.29, 0.717) is 10.2 Å². The van der Waals surface area contributed by atoms with Crippen molar-refractivity contribution in [3.05, 3.63) is 39.9 Å². The molecule has 0 aliphatic heterocycles. The second-order valence-electron chi connectivity index (χ2n) is 3.15. The third kappa shape index (κ3) is 2.87. The fourth-order valence-corrected chi connectivity index (χ4v) is 1.98. The van der Waals surface area contributed by atoms with Gasteiger partial charge in [-0.15, -0.1) is 10.2 Å². The summed E-state index contributed by atoms with van der Waals surface area (Å²) in [6, 6.07) is 7.52. The maximum atomic E-state index is 5.87. The number of rotatable bonds is 3. The zero-order valence-electron chi connectivity index (χ0n) is 8.72. The highest BCUT2D eigenvalue weighted by atomic mass is 35.5. The van der Waals surface area contributed by atoms with Crippen LogP contribution in [-0.4, -0.2) is 16.4 Å². The standard InChI is InChI=1S/C11H10ClN3S/c1-2-10-14-15-11(16-10)13-7-8-4-3-5-9(12)6-8/h3-7H,2H2,1H3/b13-7+. The topological polar surface area (TPSA) is 38.1 Å². The Bertz CT molecular complexity index is 507. The van der Waals surface area contributed by atoms with E-state index in [1.54, 1.807) is 6.21 Å².